The summed E-state index contributed by atoms with van der Waals surface area (Å²) in [5, 5.41) is 2.62. The van der Waals surface area contributed by atoms with Crippen LogP contribution in [0.2, 0.25) is 0 Å². The number of hydrogen-bond acceptors (Lipinski definition) is 3. The van der Waals surface area contributed by atoms with Crippen molar-refractivity contribution >= 4 is 11.9 Å². The fourth-order valence-corrected chi connectivity index (χ4v) is 1.59. The second kappa shape index (κ2) is 4.71. The van der Waals surface area contributed by atoms with Crippen molar-refractivity contribution < 1.29 is 14.3 Å². The number of esters is 1. The van der Waals surface area contributed by atoms with E-state index in [9.17, 15) is 9.59 Å². The van der Waals surface area contributed by atoms with Gasteiger partial charge in [-0.1, -0.05) is 5.92 Å². The van der Waals surface area contributed by atoms with Gasteiger partial charge in [0, 0.05) is 17.5 Å². The highest BCUT2D eigenvalue weighted by Gasteiger charge is 2.28. The molecule has 1 aromatic rings. The predicted octanol–water partition coefficient (Wildman–Crippen LogP) is 0.713. The molecule has 1 amide bonds. The van der Waals surface area contributed by atoms with Gasteiger partial charge in [-0.05, 0) is 24.3 Å². The number of rotatable bonds is 2. The Balaban J connectivity index is 2.04. The lowest BCUT2D eigenvalue weighted by atomic mass is 10.1. The first-order chi connectivity index (χ1) is 8.20. The minimum Gasteiger partial charge on any atom is -0.464 e. The molecule has 1 aliphatic rings. The molecule has 0 saturated carbocycles. The van der Waals surface area contributed by atoms with Gasteiger partial charge in [-0.25, -0.2) is 4.79 Å². The average molecular weight is 229 g/mol. The lowest BCUT2D eigenvalue weighted by Crippen LogP contribution is -2.37. The first kappa shape index (κ1) is 11.2. The summed E-state index contributed by atoms with van der Waals surface area (Å²) in [5.74, 6) is 1.80. The van der Waals surface area contributed by atoms with E-state index in [2.05, 4.69) is 11.2 Å². The van der Waals surface area contributed by atoms with E-state index in [4.69, 9.17) is 11.2 Å². The zero-order valence-corrected chi connectivity index (χ0v) is 9.10. The molecule has 1 aromatic carbocycles. The third-order valence-electron chi connectivity index (χ3n) is 2.55. The molecule has 0 aliphatic carbocycles. The first-order valence-corrected chi connectivity index (χ1v) is 5.25. The molecule has 4 nitrogen and oxygen atoms in total. The maximum absolute atomic E-state index is 11.8. The van der Waals surface area contributed by atoms with E-state index in [0.717, 1.165) is 0 Å². The summed E-state index contributed by atoms with van der Waals surface area (Å²) in [6.07, 6.45) is 5.74. The van der Waals surface area contributed by atoms with Gasteiger partial charge in [0.2, 0.25) is 0 Å². The molecule has 0 spiro atoms. The van der Waals surface area contributed by atoms with Crippen LogP contribution in [0.15, 0.2) is 24.3 Å². The molecule has 1 saturated heterocycles. The predicted molar refractivity (Wildman–Crippen MR) is 61.2 cm³/mol. The van der Waals surface area contributed by atoms with Crippen molar-refractivity contribution in [2.24, 2.45) is 0 Å². The Hall–Kier alpha value is -2.28. The number of carbonyl (C=O) groups excluding carboxylic acids is 2. The lowest BCUT2D eigenvalue weighted by Gasteiger charge is -2.08. The first-order valence-electron chi connectivity index (χ1n) is 5.25. The summed E-state index contributed by atoms with van der Waals surface area (Å²) in [7, 11) is 0. The van der Waals surface area contributed by atoms with Gasteiger partial charge in [-0.2, -0.15) is 0 Å². The van der Waals surface area contributed by atoms with E-state index in [1.807, 2.05) is 0 Å². The second-order valence-corrected chi connectivity index (χ2v) is 3.70. The molecule has 0 unspecified atom stereocenters. The minimum absolute atomic E-state index is 0.294. The molecule has 1 atom stereocenters. The van der Waals surface area contributed by atoms with E-state index >= 15 is 0 Å². The maximum Gasteiger partial charge on any atom is 0.328 e. The highest BCUT2D eigenvalue weighted by atomic mass is 16.5. The van der Waals surface area contributed by atoms with Crippen molar-refractivity contribution in [3.8, 4) is 12.3 Å². The average Bonchev–Trinajstić information content (AvgIpc) is 2.75. The normalized spacial score (nSPS) is 18.3. The summed E-state index contributed by atoms with van der Waals surface area (Å²) >= 11 is 0. The lowest BCUT2D eigenvalue weighted by molar-refractivity contribution is -0.139. The van der Waals surface area contributed by atoms with Gasteiger partial charge in [0.25, 0.3) is 5.91 Å². The highest BCUT2D eigenvalue weighted by Crippen LogP contribution is 2.08. The largest absolute Gasteiger partial charge is 0.464 e. The molecule has 0 radical (unpaired) electrons. The summed E-state index contributed by atoms with van der Waals surface area (Å²) in [4.78, 5) is 23.0. The van der Waals surface area contributed by atoms with Crippen LogP contribution >= 0.6 is 0 Å². The standard InChI is InChI=1S/C13H11NO3/c1-2-9-3-5-10(6-4-9)12(15)14-11-7-8-17-13(11)16/h1,3-6,11H,7-8H2,(H,14,15)/t11-/m0/s1. The van der Waals surface area contributed by atoms with Crippen LogP contribution in [-0.4, -0.2) is 24.5 Å². The summed E-state index contributed by atoms with van der Waals surface area (Å²) < 4.78 is 4.76. The van der Waals surface area contributed by atoms with Crippen LogP contribution in [0.5, 0.6) is 0 Å². The second-order valence-electron chi connectivity index (χ2n) is 3.70. The monoisotopic (exact) mass is 229 g/mol. The van der Waals surface area contributed by atoms with Crippen LogP contribution in [0.1, 0.15) is 22.3 Å². The Labute approximate surface area is 99.0 Å². The highest BCUT2D eigenvalue weighted by molar-refractivity contribution is 5.97. The smallest absolute Gasteiger partial charge is 0.328 e. The molecular formula is C13H11NO3. The molecule has 17 heavy (non-hydrogen) atoms. The molecule has 1 aliphatic heterocycles. The summed E-state index contributed by atoms with van der Waals surface area (Å²) in [6, 6.07) is 6.09. The van der Waals surface area contributed by atoms with Crippen LogP contribution in [-0.2, 0) is 9.53 Å². The van der Waals surface area contributed by atoms with Gasteiger partial charge in [0.05, 0.1) is 6.61 Å². The Kier molecular flexibility index (Phi) is 3.10. The van der Waals surface area contributed by atoms with Crippen LogP contribution in [0.25, 0.3) is 0 Å². The van der Waals surface area contributed by atoms with Gasteiger partial charge in [-0.3, -0.25) is 4.79 Å². The van der Waals surface area contributed by atoms with Crippen molar-refractivity contribution in [3.05, 3.63) is 35.4 Å². The van der Waals surface area contributed by atoms with Crippen molar-refractivity contribution in [3.63, 3.8) is 0 Å². The van der Waals surface area contributed by atoms with E-state index in [1.54, 1.807) is 24.3 Å². The number of nitrogens with one attached hydrogen (secondary N) is 1. The third-order valence-corrected chi connectivity index (χ3v) is 2.55. The topological polar surface area (TPSA) is 55.4 Å². The van der Waals surface area contributed by atoms with Crippen molar-refractivity contribution in [1.82, 2.24) is 5.32 Å². The fraction of sp³-hybridized carbons (Fsp3) is 0.231. The molecule has 86 valence electrons. The molecular weight excluding hydrogens is 218 g/mol. The Morgan fingerprint density at radius 3 is 2.65 bits per heavy atom. The minimum atomic E-state index is -0.533. The molecule has 1 fully saturated rings. The molecule has 0 bridgehead atoms. The number of cyclic esters (lactones) is 1. The molecule has 1 N–H and O–H groups in total. The number of benzene rings is 1. The van der Waals surface area contributed by atoms with Gasteiger partial charge in [-0.15, -0.1) is 6.42 Å². The van der Waals surface area contributed by atoms with Gasteiger partial charge in [0.1, 0.15) is 6.04 Å². The van der Waals surface area contributed by atoms with Crippen molar-refractivity contribution in [1.29, 1.82) is 0 Å². The van der Waals surface area contributed by atoms with Gasteiger partial charge in [0.15, 0.2) is 0 Å². The van der Waals surface area contributed by atoms with Gasteiger partial charge < -0.3 is 10.1 Å². The van der Waals surface area contributed by atoms with Crippen LogP contribution in [0.3, 0.4) is 0 Å². The number of amides is 1. The van der Waals surface area contributed by atoms with E-state index in [0.29, 0.717) is 24.2 Å². The molecule has 0 aromatic heterocycles. The zero-order valence-electron chi connectivity index (χ0n) is 9.10. The number of terminal acetylenes is 1. The molecule has 2 rings (SSSR count). The Morgan fingerprint density at radius 2 is 2.12 bits per heavy atom. The van der Waals surface area contributed by atoms with Crippen LogP contribution in [0.4, 0.5) is 0 Å². The fourth-order valence-electron chi connectivity index (χ4n) is 1.59. The van der Waals surface area contributed by atoms with Crippen molar-refractivity contribution in [2.45, 2.75) is 12.5 Å². The Bertz CT molecular complexity index is 484. The summed E-state index contributed by atoms with van der Waals surface area (Å²) in [6.45, 7) is 0.361. The maximum atomic E-state index is 11.8. The number of carbonyl (C=O) groups is 2. The molecule has 1 heterocycles. The quantitative estimate of drug-likeness (QED) is 0.600. The summed E-state index contributed by atoms with van der Waals surface area (Å²) in [5.41, 5.74) is 1.19. The van der Waals surface area contributed by atoms with Crippen molar-refractivity contribution in [2.75, 3.05) is 6.61 Å². The van der Waals surface area contributed by atoms with Gasteiger partial charge >= 0.3 is 5.97 Å². The SMILES string of the molecule is C#Cc1ccc(C(=O)N[C@H]2CCOC2=O)cc1. The van der Waals surface area contributed by atoms with E-state index in [-0.39, 0.29) is 11.9 Å². The number of ether oxygens (including phenoxy) is 1. The molecule has 4 heteroatoms. The Morgan fingerprint density at radius 1 is 1.41 bits per heavy atom. The van der Waals surface area contributed by atoms with E-state index in [1.165, 1.54) is 0 Å². The zero-order chi connectivity index (χ0) is 12.3. The van der Waals surface area contributed by atoms with E-state index < -0.39 is 6.04 Å². The van der Waals surface area contributed by atoms with Crippen LogP contribution < -0.4 is 5.32 Å². The van der Waals surface area contributed by atoms with Crippen LogP contribution in [0, 0.1) is 12.3 Å². The third kappa shape index (κ3) is 2.45. The number of hydrogen-bond donors (Lipinski definition) is 1.